The first-order valence-electron chi connectivity index (χ1n) is 4.56. The molecule has 0 saturated heterocycles. The summed E-state index contributed by atoms with van der Waals surface area (Å²) in [5.74, 6) is 0.887. The Balaban J connectivity index is 0. The van der Waals surface area contributed by atoms with E-state index in [1.54, 1.807) is 13.4 Å². The second kappa shape index (κ2) is 13.6. The van der Waals surface area contributed by atoms with Gasteiger partial charge in [0.1, 0.15) is 5.75 Å². The van der Waals surface area contributed by atoms with Gasteiger partial charge in [-0.05, 0) is 44.4 Å². The van der Waals surface area contributed by atoms with Crippen molar-refractivity contribution in [1.29, 1.82) is 0 Å². The van der Waals surface area contributed by atoms with Crippen LogP contribution in [0, 0.1) is 0 Å². The van der Waals surface area contributed by atoms with E-state index in [-0.39, 0.29) is 0 Å². The molecule has 0 N–H and O–H groups in total. The fourth-order valence-corrected chi connectivity index (χ4v) is 0.835. The number of ether oxygens (including phenoxy) is 1. The van der Waals surface area contributed by atoms with E-state index in [0.29, 0.717) is 0 Å². The normalized spacial score (nSPS) is 8.40. The molecule has 1 rings (SSSR count). The van der Waals surface area contributed by atoms with Gasteiger partial charge in [-0.15, -0.1) is 0 Å². The van der Waals surface area contributed by atoms with Crippen LogP contribution < -0.4 is 4.74 Å². The minimum absolute atomic E-state index is 0.887. The highest BCUT2D eigenvalue weighted by atomic mass is 79.9. The lowest BCUT2D eigenvalue weighted by Crippen LogP contribution is -1.79. The maximum atomic E-state index is 4.95. The van der Waals surface area contributed by atoms with Crippen LogP contribution in [-0.2, 0) is 0 Å². The van der Waals surface area contributed by atoms with Gasteiger partial charge in [0.25, 0.3) is 0 Å². The molecule has 0 aliphatic rings. The third-order valence-corrected chi connectivity index (χ3v) is 1.91. The summed E-state index contributed by atoms with van der Waals surface area (Å²) in [7, 11) is 1.66. The predicted octanol–water partition coefficient (Wildman–Crippen LogP) is 4.59. The topological polar surface area (TPSA) is 9.23 Å². The quantitative estimate of drug-likeness (QED) is 0.588. The molecule has 1 aromatic rings. The molecular formula is C12H19BrOS. The first-order chi connectivity index (χ1) is 7.24. The smallest absolute Gasteiger partial charge is 0.118 e. The largest absolute Gasteiger partial charge is 0.497 e. The molecule has 0 aliphatic carbocycles. The van der Waals surface area contributed by atoms with E-state index < -0.39 is 0 Å². The van der Waals surface area contributed by atoms with Gasteiger partial charge >= 0.3 is 0 Å². The van der Waals surface area contributed by atoms with Crippen molar-refractivity contribution < 1.29 is 4.74 Å². The second-order valence-corrected chi connectivity index (χ2v) is 3.24. The maximum Gasteiger partial charge on any atom is 0.118 e. The molecule has 0 bridgehead atoms. The fraction of sp³-hybridized carbons (Fsp3) is 0.333. The van der Waals surface area contributed by atoms with Crippen LogP contribution in [-0.4, -0.2) is 13.4 Å². The Labute approximate surface area is 107 Å². The number of thiol groups is 1. The van der Waals surface area contributed by atoms with E-state index in [1.807, 2.05) is 50.3 Å². The molecule has 1 nitrogen and oxygen atoms in total. The number of hydrogen-bond acceptors (Lipinski definition) is 2. The van der Waals surface area contributed by atoms with Gasteiger partial charge < -0.3 is 4.74 Å². The van der Waals surface area contributed by atoms with Gasteiger partial charge in [0.15, 0.2) is 0 Å². The zero-order chi connectivity index (χ0) is 12.1. The van der Waals surface area contributed by atoms with Crippen molar-refractivity contribution in [3.05, 3.63) is 40.9 Å². The lowest BCUT2D eigenvalue weighted by Gasteiger charge is -1.96. The number of hydrogen-bond donors (Lipinski definition) is 1. The molecule has 15 heavy (non-hydrogen) atoms. The van der Waals surface area contributed by atoms with E-state index in [9.17, 15) is 0 Å². The number of methoxy groups -OCH3 is 1. The monoisotopic (exact) mass is 290 g/mol. The highest BCUT2D eigenvalue weighted by molar-refractivity contribution is 9.10. The van der Waals surface area contributed by atoms with Crippen LogP contribution >= 0.6 is 28.6 Å². The van der Waals surface area contributed by atoms with Crippen molar-refractivity contribution in [2.75, 3.05) is 13.4 Å². The van der Waals surface area contributed by atoms with E-state index in [4.69, 9.17) is 4.74 Å². The minimum atomic E-state index is 0.887. The van der Waals surface area contributed by atoms with Gasteiger partial charge in [0.2, 0.25) is 0 Å². The number of benzene rings is 1. The van der Waals surface area contributed by atoms with Crippen LogP contribution in [0.3, 0.4) is 0 Å². The number of rotatable bonds is 1. The highest BCUT2D eigenvalue weighted by Gasteiger charge is 1.86. The van der Waals surface area contributed by atoms with Crippen molar-refractivity contribution in [1.82, 2.24) is 0 Å². The zero-order valence-electron chi connectivity index (χ0n) is 9.70. The van der Waals surface area contributed by atoms with Gasteiger partial charge in [0, 0.05) is 4.47 Å². The van der Waals surface area contributed by atoms with Crippen LogP contribution in [0.4, 0.5) is 0 Å². The molecule has 0 saturated carbocycles. The maximum absolute atomic E-state index is 4.95. The third-order valence-electron chi connectivity index (χ3n) is 1.38. The van der Waals surface area contributed by atoms with Crippen molar-refractivity contribution in [3.63, 3.8) is 0 Å². The summed E-state index contributed by atoms with van der Waals surface area (Å²) in [6, 6.07) is 7.70. The molecular weight excluding hydrogens is 272 g/mol. The SMILES string of the molecule is C/C=C\C.COc1ccc(Br)cc1.CS. The molecule has 0 amide bonds. The molecule has 0 atom stereocenters. The molecule has 0 fully saturated rings. The molecule has 1 aromatic carbocycles. The van der Waals surface area contributed by atoms with E-state index in [2.05, 4.69) is 28.6 Å². The molecule has 0 heterocycles. The van der Waals surface area contributed by atoms with Crippen LogP contribution in [0.1, 0.15) is 13.8 Å². The molecule has 0 unspecified atom stereocenters. The number of allylic oxidation sites excluding steroid dienone is 2. The lowest BCUT2D eigenvalue weighted by atomic mass is 10.3. The highest BCUT2D eigenvalue weighted by Crippen LogP contribution is 2.14. The van der Waals surface area contributed by atoms with Crippen LogP contribution in [0.2, 0.25) is 0 Å². The van der Waals surface area contributed by atoms with E-state index >= 15 is 0 Å². The summed E-state index contributed by atoms with van der Waals surface area (Å²) in [6.45, 7) is 4.00. The Hall–Kier alpha value is -0.410. The second-order valence-electron chi connectivity index (χ2n) is 2.32. The zero-order valence-corrected chi connectivity index (χ0v) is 12.2. The first kappa shape index (κ1) is 17.0. The summed E-state index contributed by atoms with van der Waals surface area (Å²) in [4.78, 5) is 0. The van der Waals surface area contributed by atoms with Gasteiger partial charge in [-0.3, -0.25) is 0 Å². The molecule has 0 aromatic heterocycles. The van der Waals surface area contributed by atoms with Crippen molar-refractivity contribution in [2.45, 2.75) is 13.8 Å². The Kier molecular flexibility index (Phi) is 15.4. The molecule has 0 radical (unpaired) electrons. The number of halogens is 1. The Morgan fingerprint density at radius 1 is 1.07 bits per heavy atom. The summed E-state index contributed by atoms with van der Waals surface area (Å²) < 4.78 is 6.02. The summed E-state index contributed by atoms with van der Waals surface area (Å²) >= 11 is 6.85. The predicted molar refractivity (Wildman–Crippen MR) is 76.1 cm³/mol. The fourth-order valence-electron chi connectivity index (χ4n) is 0.571. The molecule has 0 spiro atoms. The summed E-state index contributed by atoms with van der Waals surface area (Å²) in [5.41, 5.74) is 0. The van der Waals surface area contributed by atoms with E-state index in [0.717, 1.165) is 10.2 Å². The van der Waals surface area contributed by atoms with E-state index in [1.165, 1.54) is 0 Å². The standard InChI is InChI=1S/C7H7BrO.C4H8.CH4S/c1-9-7-4-2-6(8)3-5-7;1-3-4-2;1-2/h2-5H,1H3;3-4H,1-2H3;2H,1H3/b;4-3-;. The molecule has 86 valence electrons. The first-order valence-corrected chi connectivity index (χ1v) is 6.25. The Bertz CT molecular complexity index is 240. The van der Waals surface area contributed by atoms with Crippen molar-refractivity contribution in [2.24, 2.45) is 0 Å². The van der Waals surface area contributed by atoms with Gasteiger partial charge in [0.05, 0.1) is 7.11 Å². The summed E-state index contributed by atoms with van der Waals surface area (Å²) in [6.07, 6.45) is 5.69. The van der Waals surface area contributed by atoms with Gasteiger partial charge in [-0.25, -0.2) is 0 Å². The van der Waals surface area contributed by atoms with Crippen LogP contribution in [0.15, 0.2) is 40.9 Å². The Morgan fingerprint density at radius 2 is 1.47 bits per heavy atom. The molecule has 3 heteroatoms. The average molecular weight is 291 g/mol. The third kappa shape index (κ3) is 11.5. The van der Waals surface area contributed by atoms with Crippen molar-refractivity contribution in [3.8, 4) is 5.75 Å². The minimum Gasteiger partial charge on any atom is -0.497 e. The lowest BCUT2D eigenvalue weighted by molar-refractivity contribution is 0.414. The Morgan fingerprint density at radius 3 is 1.73 bits per heavy atom. The summed E-state index contributed by atoms with van der Waals surface area (Å²) in [5, 5.41) is 0. The van der Waals surface area contributed by atoms with Crippen LogP contribution in [0.5, 0.6) is 5.75 Å². The van der Waals surface area contributed by atoms with Crippen LogP contribution in [0.25, 0.3) is 0 Å². The van der Waals surface area contributed by atoms with Gasteiger partial charge in [-0.1, -0.05) is 28.1 Å². The average Bonchev–Trinajstić information content (AvgIpc) is 2.33. The molecule has 0 aliphatic heterocycles. The van der Waals surface area contributed by atoms with Crippen molar-refractivity contribution >= 4 is 28.6 Å². The van der Waals surface area contributed by atoms with Gasteiger partial charge in [-0.2, -0.15) is 12.6 Å².